The fourth-order valence-electron chi connectivity index (χ4n) is 1.60. The maximum absolute atomic E-state index is 12.3. The average Bonchev–Trinajstić information content (AvgIpc) is 2.29. The first-order valence-electron chi connectivity index (χ1n) is 5.77. The lowest BCUT2D eigenvalue weighted by Crippen LogP contribution is -2.43. The van der Waals surface area contributed by atoms with Crippen LogP contribution in [0.3, 0.4) is 0 Å². The molecule has 0 aliphatic heterocycles. The van der Waals surface area contributed by atoms with E-state index in [-0.39, 0.29) is 23.4 Å². The Balaban J connectivity index is 3.11. The van der Waals surface area contributed by atoms with Crippen LogP contribution in [0.1, 0.15) is 19.4 Å². The van der Waals surface area contributed by atoms with Crippen molar-refractivity contribution < 1.29 is 8.42 Å². The van der Waals surface area contributed by atoms with Gasteiger partial charge in [0.1, 0.15) is 0 Å². The van der Waals surface area contributed by atoms with E-state index in [0.717, 1.165) is 0 Å². The number of hydrogen-bond acceptors (Lipinski definition) is 3. The van der Waals surface area contributed by atoms with E-state index in [0.29, 0.717) is 10.6 Å². The molecular weight excluding hydrogens is 272 g/mol. The standard InChI is InChI=1S/C12H19ClN2O2S/c1-8(2)11(7-14)15-18(16,17)12-6-4-5-10(13)9(12)3/h4-6,8,11,15H,7,14H2,1-3H3. The molecule has 6 heteroatoms. The fraction of sp³-hybridized carbons (Fsp3) is 0.500. The van der Waals surface area contributed by atoms with Crippen LogP contribution in [0.2, 0.25) is 5.02 Å². The molecule has 1 rings (SSSR count). The van der Waals surface area contributed by atoms with E-state index in [1.807, 2.05) is 13.8 Å². The van der Waals surface area contributed by atoms with Crippen LogP contribution in [0.25, 0.3) is 0 Å². The first-order valence-corrected chi connectivity index (χ1v) is 7.63. The summed E-state index contributed by atoms with van der Waals surface area (Å²) < 4.78 is 27.1. The van der Waals surface area contributed by atoms with Crippen LogP contribution < -0.4 is 10.5 Å². The normalized spacial score (nSPS) is 13.9. The molecule has 0 fully saturated rings. The lowest BCUT2D eigenvalue weighted by molar-refractivity contribution is 0.454. The number of sulfonamides is 1. The van der Waals surface area contributed by atoms with E-state index >= 15 is 0 Å². The molecule has 1 atom stereocenters. The summed E-state index contributed by atoms with van der Waals surface area (Å²) in [5.74, 6) is 0.129. The highest BCUT2D eigenvalue weighted by molar-refractivity contribution is 7.89. The summed E-state index contributed by atoms with van der Waals surface area (Å²) >= 11 is 5.94. The van der Waals surface area contributed by atoms with Gasteiger partial charge >= 0.3 is 0 Å². The van der Waals surface area contributed by atoms with E-state index in [9.17, 15) is 8.42 Å². The third kappa shape index (κ3) is 3.45. The van der Waals surface area contributed by atoms with Crippen molar-refractivity contribution in [3.63, 3.8) is 0 Å². The van der Waals surface area contributed by atoms with Crippen LogP contribution in [0.15, 0.2) is 23.1 Å². The van der Waals surface area contributed by atoms with Crippen LogP contribution in [-0.4, -0.2) is 21.0 Å². The molecular formula is C12H19ClN2O2S. The number of nitrogens with one attached hydrogen (secondary N) is 1. The van der Waals surface area contributed by atoms with Crippen molar-refractivity contribution in [1.82, 2.24) is 4.72 Å². The number of rotatable bonds is 5. The molecule has 3 N–H and O–H groups in total. The maximum atomic E-state index is 12.3. The summed E-state index contributed by atoms with van der Waals surface area (Å²) in [6, 6.07) is 4.54. The SMILES string of the molecule is Cc1c(Cl)cccc1S(=O)(=O)NC(CN)C(C)C. The third-order valence-electron chi connectivity index (χ3n) is 2.87. The summed E-state index contributed by atoms with van der Waals surface area (Å²) in [5.41, 5.74) is 6.12. The van der Waals surface area contributed by atoms with Crippen molar-refractivity contribution in [3.8, 4) is 0 Å². The van der Waals surface area contributed by atoms with Crippen molar-refractivity contribution in [2.24, 2.45) is 11.7 Å². The average molecular weight is 291 g/mol. The van der Waals surface area contributed by atoms with Crippen LogP contribution in [0.4, 0.5) is 0 Å². The van der Waals surface area contributed by atoms with Gasteiger partial charge in [0, 0.05) is 17.6 Å². The number of hydrogen-bond donors (Lipinski definition) is 2. The summed E-state index contributed by atoms with van der Waals surface area (Å²) in [4.78, 5) is 0.203. The van der Waals surface area contributed by atoms with Crippen LogP contribution in [0, 0.1) is 12.8 Å². The molecule has 0 heterocycles. The molecule has 4 nitrogen and oxygen atoms in total. The quantitative estimate of drug-likeness (QED) is 0.870. The molecule has 0 saturated heterocycles. The molecule has 0 bridgehead atoms. The Kier molecular flexibility index (Phi) is 5.16. The minimum atomic E-state index is -3.58. The summed E-state index contributed by atoms with van der Waals surface area (Å²) in [5, 5.41) is 0.437. The molecule has 0 aromatic heterocycles. The van der Waals surface area contributed by atoms with Gasteiger partial charge in [0.15, 0.2) is 0 Å². The van der Waals surface area contributed by atoms with Crippen molar-refractivity contribution in [1.29, 1.82) is 0 Å². The molecule has 0 spiro atoms. The van der Waals surface area contributed by atoms with E-state index in [2.05, 4.69) is 4.72 Å². The van der Waals surface area contributed by atoms with Gasteiger partial charge in [0.25, 0.3) is 0 Å². The van der Waals surface area contributed by atoms with Crippen molar-refractivity contribution in [3.05, 3.63) is 28.8 Å². The molecule has 1 aromatic carbocycles. The monoisotopic (exact) mass is 290 g/mol. The lowest BCUT2D eigenvalue weighted by Gasteiger charge is -2.21. The smallest absolute Gasteiger partial charge is 0.241 e. The summed E-state index contributed by atoms with van der Waals surface area (Å²) in [6.07, 6.45) is 0. The highest BCUT2D eigenvalue weighted by Gasteiger charge is 2.23. The predicted molar refractivity (Wildman–Crippen MR) is 74.2 cm³/mol. The minimum Gasteiger partial charge on any atom is -0.329 e. The zero-order valence-electron chi connectivity index (χ0n) is 10.8. The van der Waals surface area contributed by atoms with E-state index in [1.165, 1.54) is 6.07 Å². The Labute approximate surface area is 114 Å². The topological polar surface area (TPSA) is 72.2 Å². The number of nitrogens with two attached hydrogens (primary N) is 1. The van der Waals surface area contributed by atoms with E-state index < -0.39 is 10.0 Å². The molecule has 18 heavy (non-hydrogen) atoms. The Hall–Kier alpha value is -0.620. The summed E-state index contributed by atoms with van der Waals surface area (Å²) in [7, 11) is -3.58. The molecule has 0 amide bonds. The lowest BCUT2D eigenvalue weighted by atomic mass is 10.1. The van der Waals surface area contributed by atoms with Crippen LogP contribution in [-0.2, 0) is 10.0 Å². The Morgan fingerprint density at radius 3 is 2.50 bits per heavy atom. The van der Waals surface area contributed by atoms with E-state index in [4.69, 9.17) is 17.3 Å². The molecule has 0 aliphatic rings. The van der Waals surface area contributed by atoms with Crippen LogP contribution in [0.5, 0.6) is 0 Å². The first-order chi connectivity index (χ1) is 8.29. The van der Waals surface area contributed by atoms with Crippen molar-refractivity contribution in [2.45, 2.75) is 31.7 Å². The predicted octanol–water partition coefficient (Wildman–Crippen LogP) is 1.91. The number of benzene rings is 1. The Bertz CT molecular complexity index is 515. The molecule has 1 aromatic rings. The van der Waals surface area contributed by atoms with E-state index in [1.54, 1.807) is 19.1 Å². The van der Waals surface area contributed by atoms with Crippen molar-refractivity contribution in [2.75, 3.05) is 6.54 Å². The molecule has 1 unspecified atom stereocenters. The van der Waals surface area contributed by atoms with Gasteiger partial charge in [-0.2, -0.15) is 0 Å². The van der Waals surface area contributed by atoms with Gasteiger partial charge in [0.05, 0.1) is 4.90 Å². The van der Waals surface area contributed by atoms with Gasteiger partial charge in [-0.1, -0.05) is 31.5 Å². The van der Waals surface area contributed by atoms with Gasteiger partial charge in [-0.15, -0.1) is 0 Å². The molecule has 0 radical (unpaired) electrons. The highest BCUT2D eigenvalue weighted by Crippen LogP contribution is 2.23. The summed E-state index contributed by atoms with van der Waals surface area (Å²) in [6.45, 7) is 5.79. The first kappa shape index (κ1) is 15.4. The van der Waals surface area contributed by atoms with Gasteiger partial charge in [0.2, 0.25) is 10.0 Å². The minimum absolute atomic E-state index is 0.129. The van der Waals surface area contributed by atoms with Gasteiger partial charge in [-0.25, -0.2) is 13.1 Å². The largest absolute Gasteiger partial charge is 0.329 e. The Morgan fingerprint density at radius 1 is 1.39 bits per heavy atom. The molecule has 0 saturated carbocycles. The maximum Gasteiger partial charge on any atom is 0.241 e. The van der Waals surface area contributed by atoms with Crippen LogP contribution >= 0.6 is 11.6 Å². The van der Waals surface area contributed by atoms with Gasteiger partial charge < -0.3 is 5.73 Å². The fourth-order valence-corrected chi connectivity index (χ4v) is 3.49. The highest BCUT2D eigenvalue weighted by atomic mass is 35.5. The molecule has 102 valence electrons. The third-order valence-corrected chi connectivity index (χ3v) is 4.92. The molecule has 0 aliphatic carbocycles. The second kappa shape index (κ2) is 6.02. The number of halogens is 1. The van der Waals surface area contributed by atoms with Gasteiger partial charge in [-0.05, 0) is 30.5 Å². The zero-order valence-corrected chi connectivity index (χ0v) is 12.3. The second-order valence-corrected chi connectivity index (χ2v) is 6.66. The zero-order chi connectivity index (χ0) is 13.9. The van der Waals surface area contributed by atoms with Crippen molar-refractivity contribution >= 4 is 21.6 Å². The Morgan fingerprint density at radius 2 is 2.00 bits per heavy atom. The van der Waals surface area contributed by atoms with Gasteiger partial charge in [-0.3, -0.25) is 0 Å². The second-order valence-electron chi connectivity index (χ2n) is 4.57.